The average molecular weight is 166 g/mol. The van der Waals surface area contributed by atoms with E-state index in [1.54, 1.807) is 0 Å². The molecule has 1 aromatic carbocycles. The molecule has 2 heteroatoms. The highest BCUT2D eigenvalue weighted by Crippen LogP contribution is 2.16. The zero-order valence-corrected chi connectivity index (χ0v) is 6.79. The van der Waals surface area contributed by atoms with Crippen molar-refractivity contribution in [1.29, 1.82) is 0 Å². The Morgan fingerprint density at radius 3 is 2.58 bits per heavy atom. The maximum atomic E-state index is 12.5. The molecule has 1 atom stereocenters. The van der Waals surface area contributed by atoms with Crippen molar-refractivity contribution in [1.82, 2.24) is 0 Å². The zero-order chi connectivity index (χ0) is 8.39. The summed E-state index contributed by atoms with van der Waals surface area (Å²) in [5, 5.41) is 0. The van der Waals surface area contributed by atoms with Crippen LogP contribution in [0.3, 0.4) is 0 Å². The molecular formula is C10H11FO. The molecule has 2 rings (SSSR count). The van der Waals surface area contributed by atoms with Gasteiger partial charge in [0.15, 0.2) is 0 Å². The SMILES string of the molecule is Fc1ccc(CC[C@@H]2CO2)cc1. The van der Waals surface area contributed by atoms with Crippen molar-refractivity contribution in [2.75, 3.05) is 6.61 Å². The van der Waals surface area contributed by atoms with E-state index in [9.17, 15) is 4.39 Å². The Morgan fingerprint density at radius 1 is 1.33 bits per heavy atom. The molecule has 0 N–H and O–H groups in total. The molecule has 0 aliphatic carbocycles. The molecule has 64 valence electrons. The first kappa shape index (κ1) is 7.74. The minimum absolute atomic E-state index is 0.165. The molecule has 1 nitrogen and oxygen atoms in total. The van der Waals surface area contributed by atoms with Crippen molar-refractivity contribution >= 4 is 0 Å². The van der Waals surface area contributed by atoms with Gasteiger partial charge in [0, 0.05) is 0 Å². The van der Waals surface area contributed by atoms with Gasteiger partial charge < -0.3 is 4.74 Å². The van der Waals surface area contributed by atoms with Gasteiger partial charge in [-0.3, -0.25) is 0 Å². The number of rotatable bonds is 3. The molecular weight excluding hydrogens is 155 g/mol. The molecule has 0 amide bonds. The first-order chi connectivity index (χ1) is 5.84. The van der Waals surface area contributed by atoms with E-state index in [0.29, 0.717) is 6.10 Å². The van der Waals surface area contributed by atoms with Crippen LogP contribution < -0.4 is 0 Å². The number of benzene rings is 1. The van der Waals surface area contributed by atoms with Crippen molar-refractivity contribution in [3.8, 4) is 0 Å². The Kier molecular flexibility index (Phi) is 2.09. The van der Waals surface area contributed by atoms with Crippen LogP contribution in [0.1, 0.15) is 12.0 Å². The third kappa shape index (κ3) is 2.05. The fraction of sp³-hybridized carbons (Fsp3) is 0.400. The quantitative estimate of drug-likeness (QED) is 0.627. The standard InChI is InChI=1S/C10H11FO/c11-9-4-1-8(2-5-9)3-6-10-7-12-10/h1-2,4-5,10H,3,6-7H2/t10-/m1/s1. The van der Waals surface area contributed by atoms with Gasteiger partial charge in [0.2, 0.25) is 0 Å². The molecule has 0 radical (unpaired) electrons. The summed E-state index contributed by atoms with van der Waals surface area (Å²) in [5.74, 6) is -0.165. The van der Waals surface area contributed by atoms with Gasteiger partial charge in [-0.05, 0) is 30.5 Å². The normalized spacial score (nSPS) is 20.9. The predicted octanol–water partition coefficient (Wildman–Crippen LogP) is 2.16. The first-order valence-electron chi connectivity index (χ1n) is 4.20. The highest BCUT2D eigenvalue weighted by atomic mass is 19.1. The van der Waals surface area contributed by atoms with Crippen LogP contribution in [-0.4, -0.2) is 12.7 Å². The zero-order valence-electron chi connectivity index (χ0n) is 6.79. The Bertz CT molecular complexity index is 251. The molecule has 12 heavy (non-hydrogen) atoms. The second kappa shape index (κ2) is 3.23. The summed E-state index contributed by atoms with van der Waals surface area (Å²) >= 11 is 0. The monoisotopic (exact) mass is 166 g/mol. The average Bonchev–Trinajstić information content (AvgIpc) is 2.87. The second-order valence-corrected chi connectivity index (χ2v) is 3.12. The van der Waals surface area contributed by atoms with Gasteiger partial charge in [-0.25, -0.2) is 4.39 Å². The fourth-order valence-electron chi connectivity index (χ4n) is 1.21. The highest BCUT2D eigenvalue weighted by molar-refractivity contribution is 5.16. The summed E-state index contributed by atoms with van der Waals surface area (Å²) in [6, 6.07) is 6.67. The molecule has 1 saturated heterocycles. The van der Waals surface area contributed by atoms with E-state index in [-0.39, 0.29) is 5.82 Å². The van der Waals surface area contributed by atoms with Crippen LogP contribution in [-0.2, 0) is 11.2 Å². The minimum atomic E-state index is -0.165. The minimum Gasteiger partial charge on any atom is -0.373 e. The number of epoxide rings is 1. The Morgan fingerprint density at radius 2 is 2.00 bits per heavy atom. The van der Waals surface area contributed by atoms with Crippen LogP contribution in [0.15, 0.2) is 24.3 Å². The van der Waals surface area contributed by atoms with E-state index in [1.165, 1.54) is 17.7 Å². The predicted molar refractivity (Wildman–Crippen MR) is 44.5 cm³/mol. The smallest absolute Gasteiger partial charge is 0.123 e. The fourth-order valence-corrected chi connectivity index (χ4v) is 1.21. The van der Waals surface area contributed by atoms with Gasteiger partial charge in [0.25, 0.3) is 0 Å². The molecule has 0 unspecified atom stereocenters. The van der Waals surface area contributed by atoms with Gasteiger partial charge in [-0.15, -0.1) is 0 Å². The number of ether oxygens (including phenoxy) is 1. The van der Waals surface area contributed by atoms with Gasteiger partial charge in [-0.2, -0.15) is 0 Å². The van der Waals surface area contributed by atoms with Crippen LogP contribution in [0.5, 0.6) is 0 Å². The van der Waals surface area contributed by atoms with Gasteiger partial charge in [0.05, 0.1) is 12.7 Å². The van der Waals surface area contributed by atoms with Crippen LogP contribution in [0.25, 0.3) is 0 Å². The highest BCUT2D eigenvalue weighted by Gasteiger charge is 2.21. The molecule has 1 aliphatic heterocycles. The molecule has 1 aliphatic rings. The summed E-state index contributed by atoms with van der Waals surface area (Å²) in [6.45, 7) is 0.904. The summed E-state index contributed by atoms with van der Waals surface area (Å²) in [7, 11) is 0. The van der Waals surface area contributed by atoms with E-state index >= 15 is 0 Å². The van der Waals surface area contributed by atoms with Gasteiger partial charge >= 0.3 is 0 Å². The van der Waals surface area contributed by atoms with Crippen LogP contribution in [0.4, 0.5) is 4.39 Å². The maximum absolute atomic E-state index is 12.5. The lowest BCUT2D eigenvalue weighted by molar-refractivity contribution is 0.397. The van der Waals surface area contributed by atoms with Crippen LogP contribution in [0, 0.1) is 5.82 Å². The number of halogens is 1. The summed E-state index contributed by atoms with van der Waals surface area (Å²) in [6.07, 6.45) is 2.52. The van der Waals surface area contributed by atoms with Crippen molar-refractivity contribution < 1.29 is 9.13 Å². The van der Waals surface area contributed by atoms with Crippen molar-refractivity contribution in [3.05, 3.63) is 35.6 Å². The van der Waals surface area contributed by atoms with E-state index in [4.69, 9.17) is 4.74 Å². The Labute approximate surface area is 71.2 Å². The summed E-state index contributed by atoms with van der Waals surface area (Å²) in [5.41, 5.74) is 1.19. The summed E-state index contributed by atoms with van der Waals surface area (Å²) < 4.78 is 17.6. The molecule has 0 aromatic heterocycles. The molecule has 1 aromatic rings. The first-order valence-corrected chi connectivity index (χ1v) is 4.20. The lowest BCUT2D eigenvalue weighted by atomic mass is 10.1. The third-order valence-electron chi connectivity index (χ3n) is 2.07. The van der Waals surface area contributed by atoms with E-state index in [0.717, 1.165) is 19.4 Å². The Balaban J connectivity index is 1.89. The lowest BCUT2D eigenvalue weighted by Gasteiger charge is -1.97. The number of hydrogen-bond donors (Lipinski definition) is 0. The van der Waals surface area contributed by atoms with E-state index in [2.05, 4.69) is 0 Å². The molecule has 1 fully saturated rings. The van der Waals surface area contributed by atoms with Crippen molar-refractivity contribution in [2.24, 2.45) is 0 Å². The molecule has 0 bridgehead atoms. The maximum Gasteiger partial charge on any atom is 0.123 e. The third-order valence-corrected chi connectivity index (χ3v) is 2.07. The largest absolute Gasteiger partial charge is 0.373 e. The topological polar surface area (TPSA) is 12.5 Å². The summed E-state index contributed by atoms with van der Waals surface area (Å²) in [4.78, 5) is 0. The number of hydrogen-bond acceptors (Lipinski definition) is 1. The van der Waals surface area contributed by atoms with E-state index in [1.807, 2.05) is 12.1 Å². The van der Waals surface area contributed by atoms with Crippen molar-refractivity contribution in [2.45, 2.75) is 18.9 Å². The Hall–Kier alpha value is -0.890. The van der Waals surface area contributed by atoms with Gasteiger partial charge in [-0.1, -0.05) is 12.1 Å². The second-order valence-electron chi connectivity index (χ2n) is 3.12. The van der Waals surface area contributed by atoms with Gasteiger partial charge in [0.1, 0.15) is 5.82 Å². The lowest BCUT2D eigenvalue weighted by Crippen LogP contribution is -1.90. The van der Waals surface area contributed by atoms with Crippen LogP contribution in [0.2, 0.25) is 0 Å². The molecule has 0 saturated carbocycles. The van der Waals surface area contributed by atoms with E-state index < -0.39 is 0 Å². The molecule has 0 spiro atoms. The number of aryl methyl sites for hydroxylation is 1. The van der Waals surface area contributed by atoms with Crippen molar-refractivity contribution in [3.63, 3.8) is 0 Å². The molecule has 1 heterocycles. The van der Waals surface area contributed by atoms with Crippen LogP contribution >= 0.6 is 0 Å².